The Hall–Kier alpha value is -3.45. The highest BCUT2D eigenvalue weighted by Gasteiger charge is 2.35. The van der Waals surface area contributed by atoms with Gasteiger partial charge in [-0.3, -0.25) is 14.4 Å². The van der Waals surface area contributed by atoms with Gasteiger partial charge >= 0.3 is 6.09 Å². The molecule has 0 saturated carbocycles. The topological polar surface area (TPSA) is 178 Å². The lowest BCUT2D eigenvalue weighted by atomic mass is 9.81. The van der Waals surface area contributed by atoms with E-state index in [0.717, 1.165) is 0 Å². The first-order chi connectivity index (χ1) is 22.2. The van der Waals surface area contributed by atoms with E-state index in [2.05, 4.69) is 16.0 Å². The van der Waals surface area contributed by atoms with Crippen molar-refractivity contribution in [2.45, 2.75) is 106 Å². The van der Waals surface area contributed by atoms with E-state index in [0.29, 0.717) is 25.4 Å². The van der Waals surface area contributed by atoms with Crippen molar-refractivity contribution in [1.29, 1.82) is 0 Å². The molecule has 0 saturated heterocycles. The lowest BCUT2D eigenvalue weighted by Crippen LogP contribution is -2.49. The van der Waals surface area contributed by atoms with Crippen LogP contribution in [0, 0.1) is 34.9 Å². The molecular formula is C35H59FN4O8. The van der Waals surface area contributed by atoms with Gasteiger partial charge in [-0.25, -0.2) is 9.18 Å². The SMILES string of the molecule is COCCCOc1ccc(F)cc1NC(=O)C[C@@H](C[C@H](NC(=O)OC(C)(C)C)[C@@H](O)C[C@H](C(=O)NCC(C)(C)C(N)=O)C(C)C)C(C)C. The third-order valence-corrected chi connectivity index (χ3v) is 8.09. The number of alkyl carbamates (subject to hydrolysis) is 1. The summed E-state index contributed by atoms with van der Waals surface area (Å²) in [6.07, 6.45) is -1.18. The molecule has 4 atom stereocenters. The first kappa shape index (κ1) is 42.6. The fourth-order valence-corrected chi connectivity index (χ4v) is 4.87. The molecule has 48 heavy (non-hydrogen) atoms. The number of nitrogens with one attached hydrogen (secondary N) is 3. The summed E-state index contributed by atoms with van der Waals surface area (Å²) in [5.74, 6) is -2.80. The molecule has 12 nitrogen and oxygen atoms in total. The van der Waals surface area contributed by atoms with Gasteiger partial charge in [-0.2, -0.15) is 0 Å². The van der Waals surface area contributed by atoms with Crippen molar-refractivity contribution in [3.63, 3.8) is 0 Å². The van der Waals surface area contributed by atoms with Gasteiger partial charge in [-0.15, -0.1) is 0 Å². The zero-order valence-electron chi connectivity index (χ0n) is 30.4. The lowest BCUT2D eigenvalue weighted by molar-refractivity contribution is -0.130. The Kier molecular flexibility index (Phi) is 17.3. The van der Waals surface area contributed by atoms with Crippen LogP contribution in [0.5, 0.6) is 5.75 Å². The van der Waals surface area contributed by atoms with E-state index in [1.54, 1.807) is 41.7 Å². The molecule has 0 aromatic heterocycles. The van der Waals surface area contributed by atoms with Crippen LogP contribution in [0.25, 0.3) is 0 Å². The number of hydrogen-bond donors (Lipinski definition) is 5. The Morgan fingerprint density at radius 1 is 0.979 bits per heavy atom. The van der Waals surface area contributed by atoms with Gasteiger partial charge in [0.15, 0.2) is 0 Å². The molecule has 0 spiro atoms. The molecule has 0 bridgehead atoms. The van der Waals surface area contributed by atoms with Crippen LogP contribution in [-0.4, -0.2) is 73.5 Å². The van der Waals surface area contributed by atoms with Gasteiger partial charge in [0.1, 0.15) is 17.2 Å². The Bertz CT molecular complexity index is 1200. The minimum Gasteiger partial charge on any atom is -0.491 e. The summed E-state index contributed by atoms with van der Waals surface area (Å²) < 4.78 is 30.4. The van der Waals surface area contributed by atoms with Crippen molar-refractivity contribution >= 4 is 29.5 Å². The zero-order chi connectivity index (χ0) is 36.8. The number of carbonyl (C=O) groups excluding carboxylic acids is 4. The minimum atomic E-state index is -1.19. The Balaban J connectivity index is 3.21. The van der Waals surface area contributed by atoms with Crippen LogP contribution in [0.4, 0.5) is 14.9 Å². The molecule has 1 aromatic rings. The van der Waals surface area contributed by atoms with E-state index >= 15 is 0 Å². The number of amides is 4. The highest BCUT2D eigenvalue weighted by molar-refractivity contribution is 5.92. The molecule has 0 aliphatic heterocycles. The molecule has 0 radical (unpaired) electrons. The van der Waals surface area contributed by atoms with Crippen molar-refractivity contribution in [3.05, 3.63) is 24.0 Å². The molecule has 6 N–H and O–H groups in total. The standard InChI is InChI=1S/C35H59FN4O8/c1-21(2)23(17-30(42)39-27-18-24(36)12-13-29(27)47-15-11-14-46-10)16-26(40-33(45)48-34(5,6)7)28(41)19-25(22(3)4)31(43)38-20-35(8,9)32(37)44/h12-13,18,21-23,25-26,28,41H,11,14-17,19-20H2,1-10H3,(H2,37,44)(H,38,43)(H,39,42)(H,40,45)/t23-,25+,26+,28+/m1/s1. The molecule has 274 valence electrons. The van der Waals surface area contributed by atoms with E-state index < -0.39 is 52.8 Å². The molecular weight excluding hydrogens is 623 g/mol. The molecule has 1 rings (SSSR count). The number of benzene rings is 1. The van der Waals surface area contributed by atoms with Crippen LogP contribution in [0.2, 0.25) is 0 Å². The quantitative estimate of drug-likeness (QED) is 0.122. The Morgan fingerprint density at radius 2 is 1.62 bits per heavy atom. The van der Waals surface area contributed by atoms with E-state index in [1.165, 1.54) is 18.2 Å². The van der Waals surface area contributed by atoms with Gasteiger partial charge in [0, 0.05) is 45.1 Å². The first-order valence-corrected chi connectivity index (χ1v) is 16.6. The number of carbonyl (C=O) groups is 4. The summed E-state index contributed by atoms with van der Waals surface area (Å²) in [6, 6.07) is 3.00. The highest BCUT2D eigenvalue weighted by atomic mass is 19.1. The number of hydrogen-bond acceptors (Lipinski definition) is 8. The minimum absolute atomic E-state index is 0.00713. The molecule has 4 amide bonds. The number of ether oxygens (including phenoxy) is 3. The zero-order valence-corrected chi connectivity index (χ0v) is 30.4. The second kappa shape index (κ2) is 19.5. The number of primary amides is 1. The summed E-state index contributed by atoms with van der Waals surface area (Å²) in [5, 5.41) is 19.8. The summed E-state index contributed by atoms with van der Waals surface area (Å²) in [6.45, 7) is 16.8. The number of halogens is 1. The summed E-state index contributed by atoms with van der Waals surface area (Å²) in [5.41, 5.74) is 3.87. The van der Waals surface area contributed by atoms with E-state index in [4.69, 9.17) is 19.9 Å². The normalized spacial score (nSPS) is 14.5. The van der Waals surface area contributed by atoms with Crippen LogP contribution in [0.15, 0.2) is 18.2 Å². The largest absolute Gasteiger partial charge is 0.491 e. The van der Waals surface area contributed by atoms with E-state index in [-0.39, 0.29) is 55.2 Å². The predicted octanol–water partition coefficient (Wildman–Crippen LogP) is 4.78. The molecule has 0 aliphatic rings. The molecule has 13 heteroatoms. The number of aliphatic hydroxyl groups is 1. The smallest absolute Gasteiger partial charge is 0.407 e. The summed E-state index contributed by atoms with van der Waals surface area (Å²) >= 11 is 0. The number of anilines is 1. The number of aliphatic hydroxyl groups excluding tert-OH is 1. The van der Waals surface area contributed by atoms with E-state index in [1.807, 2.05) is 27.7 Å². The molecule has 0 heterocycles. The third kappa shape index (κ3) is 15.6. The van der Waals surface area contributed by atoms with Crippen molar-refractivity contribution in [2.75, 3.05) is 32.2 Å². The average molecular weight is 683 g/mol. The van der Waals surface area contributed by atoms with Crippen LogP contribution < -0.4 is 26.4 Å². The summed E-state index contributed by atoms with van der Waals surface area (Å²) in [4.78, 5) is 51.2. The second-order valence-corrected chi connectivity index (χ2v) is 14.7. The van der Waals surface area contributed by atoms with Crippen molar-refractivity contribution in [2.24, 2.45) is 34.8 Å². The van der Waals surface area contributed by atoms with Crippen molar-refractivity contribution < 1.29 is 42.9 Å². The van der Waals surface area contributed by atoms with Crippen molar-refractivity contribution in [3.8, 4) is 5.75 Å². The monoisotopic (exact) mass is 682 g/mol. The fourth-order valence-electron chi connectivity index (χ4n) is 4.87. The molecule has 0 aliphatic carbocycles. The lowest BCUT2D eigenvalue weighted by Gasteiger charge is -2.33. The fraction of sp³-hybridized carbons (Fsp3) is 0.714. The molecule has 0 unspecified atom stereocenters. The van der Waals surface area contributed by atoms with Crippen LogP contribution in [0.1, 0.15) is 88.0 Å². The maximum atomic E-state index is 14.1. The Labute approximate surface area is 285 Å². The van der Waals surface area contributed by atoms with Gasteiger partial charge in [-0.05, 0) is 77.3 Å². The average Bonchev–Trinajstić information content (AvgIpc) is 2.95. The predicted molar refractivity (Wildman–Crippen MR) is 183 cm³/mol. The third-order valence-electron chi connectivity index (χ3n) is 8.09. The maximum Gasteiger partial charge on any atom is 0.407 e. The maximum absolute atomic E-state index is 14.1. The van der Waals surface area contributed by atoms with Gasteiger partial charge < -0.3 is 41.0 Å². The highest BCUT2D eigenvalue weighted by Crippen LogP contribution is 2.29. The molecule has 0 fully saturated rings. The van der Waals surface area contributed by atoms with Gasteiger partial charge in [0.05, 0.1) is 29.9 Å². The van der Waals surface area contributed by atoms with Gasteiger partial charge in [0.2, 0.25) is 17.7 Å². The van der Waals surface area contributed by atoms with Gasteiger partial charge in [0.25, 0.3) is 0 Å². The van der Waals surface area contributed by atoms with Crippen LogP contribution in [0.3, 0.4) is 0 Å². The van der Waals surface area contributed by atoms with E-state index in [9.17, 15) is 28.7 Å². The number of rotatable bonds is 20. The second-order valence-electron chi connectivity index (χ2n) is 14.7. The van der Waals surface area contributed by atoms with Crippen LogP contribution in [-0.2, 0) is 23.9 Å². The van der Waals surface area contributed by atoms with Crippen molar-refractivity contribution in [1.82, 2.24) is 10.6 Å². The number of methoxy groups -OCH3 is 1. The molecule has 1 aromatic carbocycles. The number of nitrogens with two attached hydrogens (primary N) is 1. The summed E-state index contributed by atoms with van der Waals surface area (Å²) in [7, 11) is 1.58. The first-order valence-electron chi connectivity index (χ1n) is 16.6. The van der Waals surface area contributed by atoms with Crippen LogP contribution >= 0.6 is 0 Å². The van der Waals surface area contributed by atoms with Gasteiger partial charge in [-0.1, -0.05) is 27.7 Å². The Morgan fingerprint density at radius 3 is 2.17 bits per heavy atom.